The van der Waals surface area contributed by atoms with Crippen molar-refractivity contribution in [3.63, 3.8) is 0 Å². The maximum absolute atomic E-state index is 12.1. The van der Waals surface area contributed by atoms with Crippen LogP contribution in [0.4, 0.5) is 10.9 Å². The van der Waals surface area contributed by atoms with Crippen molar-refractivity contribution < 1.29 is 9.90 Å². The molecule has 1 amide bonds. The highest BCUT2D eigenvalue weighted by Crippen LogP contribution is 2.30. The van der Waals surface area contributed by atoms with Gasteiger partial charge >= 0.3 is 0 Å². The summed E-state index contributed by atoms with van der Waals surface area (Å²) in [6.45, 7) is 4.76. The molecule has 2 rings (SSSR count). The van der Waals surface area contributed by atoms with Crippen LogP contribution in [0.25, 0.3) is 0 Å². The van der Waals surface area contributed by atoms with E-state index < -0.39 is 0 Å². The lowest BCUT2D eigenvalue weighted by molar-refractivity contribution is 0.0957. The molecule has 21 heavy (non-hydrogen) atoms. The molecule has 0 bridgehead atoms. The molecule has 6 nitrogen and oxygen atoms in total. The van der Waals surface area contributed by atoms with Crippen molar-refractivity contribution in [2.24, 2.45) is 5.92 Å². The van der Waals surface area contributed by atoms with Gasteiger partial charge < -0.3 is 21.1 Å². The van der Waals surface area contributed by atoms with Gasteiger partial charge in [-0.3, -0.25) is 4.79 Å². The van der Waals surface area contributed by atoms with Gasteiger partial charge in [-0.2, -0.15) is 0 Å². The van der Waals surface area contributed by atoms with Crippen LogP contribution in [0.1, 0.15) is 42.3 Å². The number of nitrogen functional groups attached to an aromatic ring is 1. The molecule has 1 aromatic heterocycles. The van der Waals surface area contributed by atoms with Crippen molar-refractivity contribution in [3.8, 4) is 0 Å². The Hall–Kier alpha value is -1.34. The number of hydrogen-bond acceptors (Lipinski definition) is 6. The lowest BCUT2D eigenvalue weighted by atomic mass is 10.1. The summed E-state index contributed by atoms with van der Waals surface area (Å²) >= 11 is 1.37. The number of carbonyl (C=O) groups is 1. The third-order valence-corrected chi connectivity index (χ3v) is 4.83. The van der Waals surface area contributed by atoms with Crippen molar-refractivity contribution in [2.75, 3.05) is 36.9 Å². The SMILES string of the molecule is CC(CO)CCCNC(=O)c1sc(N2CCCC2)nc1N. The number of aliphatic hydroxyl groups is 1. The normalized spacial score (nSPS) is 16.2. The molecule has 1 aliphatic rings. The van der Waals surface area contributed by atoms with Crippen molar-refractivity contribution in [1.82, 2.24) is 10.3 Å². The number of nitrogens with one attached hydrogen (secondary N) is 1. The largest absolute Gasteiger partial charge is 0.396 e. The monoisotopic (exact) mass is 312 g/mol. The van der Waals surface area contributed by atoms with Gasteiger partial charge in [0, 0.05) is 26.2 Å². The third kappa shape index (κ3) is 4.31. The lowest BCUT2D eigenvalue weighted by Crippen LogP contribution is -2.24. The van der Waals surface area contributed by atoms with Gasteiger partial charge in [-0.15, -0.1) is 0 Å². The smallest absolute Gasteiger partial charge is 0.265 e. The van der Waals surface area contributed by atoms with E-state index in [9.17, 15) is 4.79 Å². The molecule has 1 aromatic rings. The van der Waals surface area contributed by atoms with Crippen molar-refractivity contribution >= 4 is 28.2 Å². The predicted octanol–water partition coefficient (Wildman–Crippen LogP) is 1.46. The maximum Gasteiger partial charge on any atom is 0.265 e. The number of anilines is 2. The van der Waals surface area contributed by atoms with Gasteiger partial charge in [0.05, 0.1) is 0 Å². The van der Waals surface area contributed by atoms with Crippen LogP contribution in [0.3, 0.4) is 0 Å². The van der Waals surface area contributed by atoms with Gasteiger partial charge in [-0.25, -0.2) is 4.98 Å². The first-order valence-electron chi connectivity index (χ1n) is 7.52. The molecular weight excluding hydrogens is 288 g/mol. The Balaban J connectivity index is 1.84. The molecule has 0 saturated carbocycles. The molecule has 1 atom stereocenters. The molecule has 7 heteroatoms. The summed E-state index contributed by atoms with van der Waals surface area (Å²) in [5.74, 6) is 0.451. The Labute approximate surface area is 129 Å². The maximum atomic E-state index is 12.1. The van der Waals surface area contributed by atoms with Gasteiger partial charge in [0.15, 0.2) is 5.13 Å². The standard InChI is InChI=1S/C14H24N4O2S/c1-10(9-19)5-4-6-16-13(20)11-12(15)17-14(21-11)18-7-2-3-8-18/h10,19H,2-9,15H2,1H3,(H,16,20). The first-order valence-corrected chi connectivity index (χ1v) is 8.33. The second-order valence-electron chi connectivity index (χ2n) is 5.59. The zero-order valence-corrected chi connectivity index (χ0v) is 13.3. The van der Waals surface area contributed by atoms with Crippen molar-refractivity contribution in [3.05, 3.63) is 4.88 Å². The van der Waals surface area contributed by atoms with Gasteiger partial charge in [-0.05, 0) is 31.6 Å². The fourth-order valence-corrected chi connectivity index (χ4v) is 3.30. The van der Waals surface area contributed by atoms with Gasteiger partial charge in [-0.1, -0.05) is 18.3 Å². The fraction of sp³-hybridized carbons (Fsp3) is 0.714. The summed E-state index contributed by atoms with van der Waals surface area (Å²) in [5.41, 5.74) is 5.86. The zero-order valence-electron chi connectivity index (χ0n) is 12.5. The molecule has 2 heterocycles. The number of thiazole rings is 1. The van der Waals surface area contributed by atoms with E-state index in [2.05, 4.69) is 15.2 Å². The first kappa shape index (κ1) is 16.0. The highest BCUT2D eigenvalue weighted by molar-refractivity contribution is 7.18. The van der Waals surface area contributed by atoms with Crippen LogP contribution in [-0.2, 0) is 0 Å². The number of aromatic nitrogens is 1. The number of aliphatic hydroxyl groups excluding tert-OH is 1. The zero-order chi connectivity index (χ0) is 15.2. The molecule has 1 fully saturated rings. The molecule has 0 spiro atoms. The van der Waals surface area contributed by atoms with E-state index in [0.717, 1.165) is 31.1 Å². The summed E-state index contributed by atoms with van der Waals surface area (Å²) in [6.07, 6.45) is 4.09. The second kappa shape index (κ2) is 7.61. The van der Waals surface area contributed by atoms with Crippen LogP contribution in [0.5, 0.6) is 0 Å². The van der Waals surface area contributed by atoms with Crippen LogP contribution < -0.4 is 16.0 Å². The molecule has 0 aliphatic carbocycles. The molecule has 118 valence electrons. The summed E-state index contributed by atoms with van der Waals surface area (Å²) < 4.78 is 0. The van der Waals surface area contributed by atoms with Crippen LogP contribution in [0.15, 0.2) is 0 Å². The number of nitrogens with two attached hydrogens (primary N) is 1. The van der Waals surface area contributed by atoms with Gasteiger partial charge in [0.25, 0.3) is 5.91 Å². The average Bonchev–Trinajstić information content (AvgIpc) is 3.12. The number of carbonyl (C=O) groups excluding carboxylic acids is 1. The molecule has 4 N–H and O–H groups in total. The Bertz CT molecular complexity index is 472. The Morgan fingerprint density at radius 2 is 2.24 bits per heavy atom. The highest BCUT2D eigenvalue weighted by Gasteiger charge is 2.21. The minimum atomic E-state index is -0.146. The topological polar surface area (TPSA) is 91.5 Å². The minimum absolute atomic E-state index is 0.146. The number of rotatable bonds is 7. The number of nitrogens with zero attached hydrogens (tertiary/aromatic N) is 2. The molecule has 1 aliphatic heterocycles. The van der Waals surface area contributed by atoms with Crippen LogP contribution in [0.2, 0.25) is 0 Å². The molecular formula is C14H24N4O2S. The van der Waals surface area contributed by atoms with Crippen molar-refractivity contribution in [1.29, 1.82) is 0 Å². The van der Waals surface area contributed by atoms with E-state index in [1.54, 1.807) is 0 Å². The third-order valence-electron chi connectivity index (χ3n) is 3.70. The number of hydrogen-bond donors (Lipinski definition) is 3. The Kier molecular flexibility index (Phi) is 5.81. The highest BCUT2D eigenvalue weighted by atomic mass is 32.1. The lowest BCUT2D eigenvalue weighted by Gasteiger charge is -2.11. The first-order chi connectivity index (χ1) is 10.1. The molecule has 0 radical (unpaired) electrons. The van der Waals surface area contributed by atoms with E-state index in [1.165, 1.54) is 24.2 Å². The summed E-state index contributed by atoms with van der Waals surface area (Å²) in [5, 5.41) is 12.7. The average molecular weight is 312 g/mol. The van der Waals surface area contributed by atoms with E-state index >= 15 is 0 Å². The Morgan fingerprint density at radius 1 is 1.52 bits per heavy atom. The second-order valence-corrected chi connectivity index (χ2v) is 6.57. The van der Waals surface area contributed by atoms with Crippen LogP contribution in [0, 0.1) is 5.92 Å². The Morgan fingerprint density at radius 3 is 2.90 bits per heavy atom. The number of amides is 1. The minimum Gasteiger partial charge on any atom is -0.396 e. The van der Waals surface area contributed by atoms with E-state index in [1.807, 2.05) is 6.92 Å². The summed E-state index contributed by atoms with van der Waals surface area (Å²) in [6, 6.07) is 0. The van der Waals surface area contributed by atoms with Crippen molar-refractivity contribution in [2.45, 2.75) is 32.6 Å². The molecule has 1 unspecified atom stereocenters. The summed E-state index contributed by atoms with van der Waals surface area (Å²) in [7, 11) is 0. The van der Waals surface area contributed by atoms with E-state index in [-0.39, 0.29) is 18.4 Å². The van der Waals surface area contributed by atoms with Gasteiger partial charge in [0.1, 0.15) is 10.7 Å². The quantitative estimate of drug-likeness (QED) is 0.663. The fourth-order valence-electron chi connectivity index (χ4n) is 2.35. The van der Waals surface area contributed by atoms with Crippen LogP contribution >= 0.6 is 11.3 Å². The molecule has 1 saturated heterocycles. The van der Waals surface area contributed by atoms with E-state index in [4.69, 9.17) is 10.8 Å². The van der Waals surface area contributed by atoms with E-state index in [0.29, 0.717) is 17.2 Å². The molecule has 0 aromatic carbocycles. The van der Waals surface area contributed by atoms with Crippen LogP contribution in [-0.4, -0.2) is 42.2 Å². The predicted molar refractivity (Wildman–Crippen MR) is 85.8 cm³/mol. The summed E-state index contributed by atoms with van der Waals surface area (Å²) in [4.78, 5) is 19.1. The van der Waals surface area contributed by atoms with Gasteiger partial charge in [0.2, 0.25) is 0 Å².